The summed E-state index contributed by atoms with van der Waals surface area (Å²) < 4.78 is 0. The van der Waals surface area contributed by atoms with E-state index in [0.29, 0.717) is 0 Å². The molecule has 0 saturated heterocycles. The van der Waals surface area contributed by atoms with Crippen LogP contribution in [-0.4, -0.2) is 27.9 Å². The van der Waals surface area contributed by atoms with Crippen LogP contribution >= 0.6 is 0 Å². The Morgan fingerprint density at radius 1 is 0.923 bits per heavy atom. The Kier molecular flexibility index (Phi) is 36.9. The van der Waals surface area contributed by atoms with Crippen molar-refractivity contribution < 1.29 is 50.8 Å². The third-order valence-corrected chi connectivity index (χ3v) is 3.39. The van der Waals surface area contributed by atoms with E-state index in [2.05, 4.69) is 13.5 Å². The number of carboxylic acid groups (broad SMARTS) is 2. The van der Waals surface area contributed by atoms with E-state index >= 15 is 0 Å². The molecule has 0 spiro atoms. The van der Waals surface area contributed by atoms with Gasteiger partial charge >= 0.3 is 41.5 Å². The van der Waals surface area contributed by atoms with Crippen molar-refractivity contribution in [2.24, 2.45) is 0 Å². The predicted molar refractivity (Wildman–Crippen MR) is 107 cm³/mol. The largest absolute Gasteiger partial charge is 1.00 e. The Labute approximate surface area is 183 Å². The summed E-state index contributed by atoms with van der Waals surface area (Å²) in [6.45, 7) is 8.84. The van der Waals surface area contributed by atoms with Crippen LogP contribution < -0.4 is 29.6 Å². The number of aliphatic carboxylic acids is 2. The number of carboxylic acids is 2. The van der Waals surface area contributed by atoms with Gasteiger partial charge < -0.3 is 11.6 Å². The second-order valence-corrected chi connectivity index (χ2v) is 5.94. The molecule has 0 aliphatic rings. The average Bonchev–Trinajstić information content (AvgIpc) is 2.57. The Hall–Kier alpha value is -0.650. The van der Waals surface area contributed by atoms with E-state index in [4.69, 9.17) is 15.6 Å². The van der Waals surface area contributed by atoms with Gasteiger partial charge in [-0.15, -0.1) is 6.58 Å². The zero-order chi connectivity index (χ0) is 19.9. The number of carbonyl (C=O) groups is 2. The van der Waals surface area contributed by atoms with Crippen LogP contribution in [0.25, 0.3) is 0 Å². The van der Waals surface area contributed by atoms with Crippen molar-refractivity contribution in [1.82, 2.24) is 0 Å². The third kappa shape index (κ3) is 43.6. The summed E-state index contributed by atoms with van der Waals surface area (Å²) in [5.41, 5.74) is -0.324. The molecule has 3 N–H and O–H groups in total. The normalized spacial score (nSPS) is 8.73. The van der Waals surface area contributed by atoms with Gasteiger partial charge in [0, 0.05) is 6.42 Å². The minimum absolute atomic E-state index is 0. The Morgan fingerprint density at radius 3 is 1.46 bits per heavy atom. The molecule has 0 saturated carbocycles. The van der Waals surface area contributed by atoms with Crippen LogP contribution in [0.5, 0.6) is 0 Å². The molecular formula is C20H40NNaO4. The number of hydrogen-bond donors (Lipinski definition) is 3. The summed E-state index contributed by atoms with van der Waals surface area (Å²) in [6.07, 6.45) is 17.7. The Morgan fingerprint density at radius 2 is 1.23 bits per heavy atom. The van der Waals surface area contributed by atoms with Gasteiger partial charge in [0.05, 0.1) is 0 Å². The van der Waals surface area contributed by atoms with Gasteiger partial charge in [-0.2, -0.15) is 0 Å². The van der Waals surface area contributed by atoms with Crippen LogP contribution in [0, 0.1) is 5.41 Å². The molecule has 5 nitrogen and oxygen atoms in total. The van der Waals surface area contributed by atoms with E-state index in [1.165, 1.54) is 77.6 Å². The molecule has 0 unspecified atom stereocenters. The van der Waals surface area contributed by atoms with Gasteiger partial charge in [0.2, 0.25) is 0 Å². The minimum Gasteiger partial charge on any atom is -1.00 e. The molecule has 6 heteroatoms. The molecular weight excluding hydrogens is 341 g/mol. The van der Waals surface area contributed by atoms with Crippen LogP contribution in [0.2, 0.25) is 0 Å². The standard InChI is InChI=1S/C14H28.C3H5NO2.C3H6O2.Na.H/c1-3-5-7-9-11-13-14-12-10-8-6-4-2;1-2(4)3(5)6;1-2-3(4)5;;/h3H,1,4-14H2,2H3;4H,1H3,(H,5,6);2H2,1H3,(H,4,5);;/q;;;+1;-1. The molecule has 0 heterocycles. The van der Waals surface area contributed by atoms with E-state index < -0.39 is 11.9 Å². The molecule has 0 radical (unpaired) electrons. The molecule has 0 amide bonds. The average molecular weight is 382 g/mol. The molecule has 26 heavy (non-hydrogen) atoms. The number of allylic oxidation sites excluding steroid dienone is 1. The van der Waals surface area contributed by atoms with Gasteiger partial charge in [-0.3, -0.25) is 10.2 Å². The number of nitrogens with one attached hydrogen (secondary N) is 1. The summed E-state index contributed by atoms with van der Waals surface area (Å²) in [5, 5.41) is 21.8. The van der Waals surface area contributed by atoms with Crippen molar-refractivity contribution in [3.05, 3.63) is 12.7 Å². The quantitative estimate of drug-likeness (QED) is 0.197. The molecule has 0 atom stereocenters. The van der Waals surface area contributed by atoms with Crippen LogP contribution in [0.4, 0.5) is 0 Å². The fourth-order valence-electron chi connectivity index (χ4n) is 1.78. The molecule has 0 aromatic heterocycles. The van der Waals surface area contributed by atoms with Crippen LogP contribution in [0.3, 0.4) is 0 Å². The van der Waals surface area contributed by atoms with Crippen LogP contribution in [-0.2, 0) is 9.59 Å². The van der Waals surface area contributed by atoms with E-state index in [1.807, 2.05) is 6.08 Å². The maximum Gasteiger partial charge on any atom is 1.00 e. The molecule has 0 bridgehead atoms. The summed E-state index contributed by atoms with van der Waals surface area (Å²) in [5.74, 6) is -1.90. The van der Waals surface area contributed by atoms with E-state index in [0.717, 1.165) is 0 Å². The smallest absolute Gasteiger partial charge is 1.00 e. The third-order valence-electron chi connectivity index (χ3n) is 3.39. The summed E-state index contributed by atoms with van der Waals surface area (Å²) in [6, 6.07) is 0. The van der Waals surface area contributed by atoms with Gasteiger partial charge in [-0.1, -0.05) is 77.7 Å². The molecule has 0 fully saturated rings. The van der Waals surface area contributed by atoms with E-state index in [-0.39, 0.29) is 43.1 Å². The maximum absolute atomic E-state index is 9.47. The van der Waals surface area contributed by atoms with Gasteiger partial charge in [-0.25, -0.2) is 4.79 Å². The predicted octanol–water partition coefficient (Wildman–Crippen LogP) is 3.19. The zero-order valence-electron chi connectivity index (χ0n) is 18.5. The van der Waals surface area contributed by atoms with Crippen LogP contribution in [0.1, 0.15) is 99.2 Å². The first-order valence-corrected chi connectivity index (χ1v) is 9.44. The molecule has 0 aromatic rings. The van der Waals surface area contributed by atoms with Crippen LogP contribution in [0.15, 0.2) is 12.7 Å². The van der Waals surface area contributed by atoms with E-state index in [1.54, 1.807) is 6.92 Å². The number of hydrogen-bond acceptors (Lipinski definition) is 3. The fourth-order valence-corrected chi connectivity index (χ4v) is 1.78. The fraction of sp³-hybridized carbons (Fsp3) is 0.750. The van der Waals surface area contributed by atoms with E-state index in [9.17, 15) is 9.59 Å². The van der Waals surface area contributed by atoms with Crippen molar-refractivity contribution in [2.45, 2.75) is 97.8 Å². The molecule has 0 aliphatic carbocycles. The number of rotatable bonds is 13. The maximum atomic E-state index is 9.47. The summed E-state index contributed by atoms with van der Waals surface area (Å²) >= 11 is 0. The zero-order valence-corrected chi connectivity index (χ0v) is 19.5. The van der Waals surface area contributed by atoms with Gasteiger partial charge in [0.25, 0.3) is 0 Å². The molecule has 150 valence electrons. The first-order valence-electron chi connectivity index (χ1n) is 9.44. The first kappa shape index (κ1) is 33.0. The Bertz CT molecular complexity index is 341. The second-order valence-electron chi connectivity index (χ2n) is 5.94. The second kappa shape index (κ2) is 29.1. The minimum atomic E-state index is -1.16. The topological polar surface area (TPSA) is 98.5 Å². The van der Waals surface area contributed by atoms with Crippen molar-refractivity contribution >= 4 is 17.7 Å². The molecule has 0 rings (SSSR count). The van der Waals surface area contributed by atoms with Crippen molar-refractivity contribution in [3.8, 4) is 0 Å². The van der Waals surface area contributed by atoms with Crippen molar-refractivity contribution in [2.75, 3.05) is 0 Å². The molecule has 0 aliphatic heterocycles. The Balaban J connectivity index is -0.000000104. The monoisotopic (exact) mass is 381 g/mol. The SMILES string of the molecule is C=CCCCCCCCCCCCC.CC(=N)C(=O)O.CCC(=O)O.[H-].[Na+]. The van der Waals surface area contributed by atoms with Gasteiger partial charge in [0.1, 0.15) is 5.71 Å². The van der Waals surface area contributed by atoms with Crippen molar-refractivity contribution in [3.63, 3.8) is 0 Å². The first-order chi connectivity index (χ1) is 11.8. The molecule has 0 aromatic carbocycles. The summed E-state index contributed by atoms with van der Waals surface area (Å²) in [7, 11) is 0. The van der Waals surface area contributed by atoms with Gasteiger partial charge in [-0.05, 0) is 19.8 Å². The number of unbranched alkanes of at least 4 members (excludes halogenated alkanes) is 10. The van der Waals surface area contributed by atoms with Crippen molar-refractivity contribution in [1.29, 1.82) is 5.41 Å². The summed E-state index contributed by atoms with van der Waals surface area (Å²) in [4.78, 5) is 18.8. The van der Waals surface area contributed by atoms with Gasteiger partial charge in [0.15, 0.2) is 0 Å².